The summed E-state index contributed by atoms with van der Waals surface area (Å²) in [5.41, 5.74) is 11.0. The summed E-state index contributed by atoms with van der Waals surface area (Å²) in [4.78, 5) is 27.7. The lowest BCUT2D eigenvalue weighted by molar-refractivity contribution is 0.402. The van der Waals surface area contributed by atoms with Gasteiger partial charge in [-0.25, -0.2) is 24.3 Å². The van der Waals surface area contributed by atoms with Crippen molar-refractivity contribution in [3.8, 4) is 16.9 Å². The molecule has 0 aliphatic carbocycles. The molecule has 5 aromatic rings. The average molecular weight is 483 g/mol. The van der Waals surface area contributed by atoms with Gasteiger partial charge in [0, 0.05) is 60.4 Å². The number of hydrazine groups is 1. The molecular formula is C25H23FN10. The van der Waals surface area contributed by atoms with Gasteiger partial charge in [0.1, 0.15) is 23.5 Å². The molecule has 0 amide bonds. The SMILES string of the molecule is Cc1cn(-c2nccc3[nH]c(C4=CNNc5ncc(-c6cncc(CN(C)C)c6)c(F)c54)nc23)cn1. The van der Waals surface area contributed by atoms with E-state index in [-0.39, 0.29) is 0 Å². The zero-order chi connectivity index (χ0) is 24.8. The summed E-state index contributed by atoms with van der Waals surface area (Å²) in [6, 6.07) is 3.77. The van der Waals surface area contributed by atoms with Gasteiger partial charge in [0.25, 0.3) is 0 Å². The molecule has 3 N–H and O–H groups in total. The second kappa shape index (κ2) is 8.54. The number of aromatic amines is 1. The molecule has 36 heavy (non-hydrogen) atoms. The van der Waals surface area contributed by atoms with Crippen molar-refractivity contribution in [2.75, 3.05) is 19.5 Å². The van der Waals surface area contributed by atoms with E-state index in [1.807, 2.05) is 48.8 Å². The number of hydrogen-bond acceptors (Lipinski definition) is 8. The summed E-state index contributed by atoms with van der Waals surface area (Å²) in [7, 11) is 3.96. The fourth-order valence-corrected chi connectivity index (χ4v) is 4.33. The summed E-state index contributed by atoms with van der Waals surface area (Å²) in [5.74, 6) is 1.08. The van der Waals surface area contributed by atoms with E-state index in [1.54, 1.807) is 31.1 Å². The third kappa shape index (κ3) is 3.75. The first kappa shape index (κ1) is 21.9. The number of halogens is 1. The predicted molar refractivity (Wildman–Crippen MR) is 134 cm³/mol. The molecule has 11 heteroatoms. The van der Waals surface area contributed by atoms with Gasteiger partial charge in [-0.1, -0.05) is 0 Å². The van der Waals surface area contributed by atoms with Crippen LogP contribution < -0.4 is 10.9 Å². The van der Waals surface area contributed by atoms with Gasteiger partial charge in [-0.15, -0.1) is 0 Å². The Labute approximate surface area is 206 Å². The Bertz CT molecular complexity index is 1630. The number of nitrogens with one attached hydrogen (secondary N) is 3. The molecule has 10 nitrogen and oxygen atoms in total. The van der Waals surface area contributed by atoms with Crippen molar-refractivity contribution in [1.29, 1.82) is 0 Å². The third-order valence-corrected chi connectivity index (χ3v) is 5.89. The van der Waals surface area contributed by atoms with Gasteiger partial charge in [-0.2, -0.15) is 0 Å². The highest BCUT2D eigenvalue weighted by Crippen LogP contribution is 2.36. The Kier molecular flexibility index (Phi) is 5.19. The maximum atomic E-state index is 16.1. The van der Waals surface area contributed by atoms with Crippen LogP contribution in [-0.2, 0) is 6.54 Å². The standard InChI is InChI=1S/C25H23FN10/c1-14-11-36(13-30-14)25-22-19(4-5-28-25)32-23(33-22)18-10-31-34-24-20(18)21(26)17(9-29-24)16-6-15(7-27-8-16)12-35(2)3/h4-11,13,31H,12H2,1-3H3,(H,29,34)(H,32,33). The van der Waals surface area contributed by atoms with Gasteiger partial charge >= 0.3 is 0 Å². The zero-order valence-electron chi connectivity index (χ0n) is 19.9. The Morgan fingerprint density at radius 2 is 2.00 bits per heavy atom. The van der Waals surface area contributed by atoms with Crippen LogP contribution in [0.1, 0.15) is 22.6 Å². The number of aromatic nitrogens is 7. The monoisotopic (exact) mass is 482 g/mol. The van der Waals surface area contributed by atoms with Gasteiger partial charge < -0.3 is 15.3 Å². The van der Waals surface area contributed by atoms with E-state index in [4.69, 9.17) is 4.98 Å². The molecule has 0 spiro atoms. The molecule has 0 fully saturated rings. The van der Waals surface area contributed by atoms with Crippen molar-refractivity contribution in [3.05, 3.63) is 84.1 Å². The minimum absolute atomic E-state index is 0.316. The molecule has 0 saturated heterocycles. The van der Waals surface area contributed by atoms with Gasteiger partial charge in [-0.05, 0) is 38.7 Å². The molecule has 0 bridgehead atoms. The second-order valence-electron chi connectivity index (χ2n) is 8.89. The summed E-state index contributed by atoms with van der Waals surface area (Å²) in [6.07, 6.45) is 11.9. The number of fused-ring (bicyclic) bond motifs is 2. The van der Waals surface area contributed by atoms with Crippen LogP contribution in [0, 0.1) is 12.7 Å². The Hall–Kier alpha value is -4.64. The van der Waals surface area contributed by atoms with Crippen LogP contribution in [0.25, 0.3) is 33.6 Å². The lowest BCUT2D eigenvalue weighted by atomic mass is 9.99. The van der Waals surface area contributed by atoms with Crippen LogP contribution in [0.3, 0.4) is 0 Å². The lowest BCUT2D eigenvalue weighted by Crippen LogP contribution is -2.23. The molecule has 0 saturated carbocycles. The number of pyridine rings is 3. The molecule has 5 aromatic heterocycles. The summed E-state index contributed by atoms with van der Waals surface area (Å²) in [6.45, 7) is 2.61. The molecule has 6 rings (SSSR count). The molecule has 6 heterocycles. The van der Waals surface area contributed by atoms with Gasteiger partial charge in [0.2, 0.25) is 0 Å². The molecule has 180 valence electrons. The number of imidazole rings is 2. The fourth-order valence-electron chi connectivity index (χ4n) is 4.33. The molecule has 0 aromatic carbocycles. The smallest absolute Gasteiger partial charge is 0.166 e. The average Bonchev–Trinajstić information content (AvgIpc) is 3.50. The predicted octanol–water partition coefficient (Wildman–Crippen LogP) is 3.43. The van der Waals surface area contributed by atoms with Crippen molar-refractivity contribution in [3.63, 3.8) is 0 Å². The zero-order valence-corrected chi connectivity index (χ0v) is 19.9. The molecule has 0 radical (unpaired) electrons. The number of H-pyrrole nitrogens is 1. The molecule has 0 atom stereocenters. The van der Waals surface area contributed by atoms with Crippen LogP contribution in [0.2, 0.25) is 0 Å². The number of anilines is 1. The first-order valence-corrected chi connectivity index (χ1v) is 11.3. The summed E-state index contributed by atoms with van der Waals surface area (Å²) >= 11 is 0. The van der Waals surface area contributed by atoms with Crippen LogP contribution in [0.5, 0.6) is 0 Å². The number of rotatable bonds is 5. The maximum Gasteiger partial charge on any atom is 0.166 e. The molecule has 1 aliphatic rings. The Morgan fingerprint density at radius 1 is 1.11 bits per heavy atom. The number of aryl methyl sites for hydroxylation is 1. The minimum atomic E-state index is -0.409. The largest absolute Gasteiger partial charge is 0.338 e. The van der Waals surface area contributed by atoms with Crippen molar-refractivity contribution in [2.24, 2.45) is 0 Å². The Balaban J connectivity index is 1.46. The van der Waals surface area contributed by atoms with E-state index in [9.17, 15) is 0 Å². The summed E-state index contributed by atoms with van der Waals surface area (Å²) < 4.78 is 17.9. The van der Waals surface area contributed by atoms with Crippen LogP contribution in [0.4, 0.5) is 10.2 Å². The third-order valence-electron chi connectivity index (χ3n) is 5.89. The van der Waals surface area contributed by atoms with E-state index in [2.05, 4.69) is 35.8 Å². The Morgan fingerprint density at radius 3 is 2.81 bits per heavy atom. The van der Waals surface area contributed by atoms with Crippen molar-refractivity contribution < 1.29 is 4.39 Å². The molecule has 1 aliphatic heterocycles. The van der Waals surface area contributed by atoms with Crippen molar-refractivity contribution in [1.82, 2.24) is 44.8 Å². The van der Waals surface area contributed by atoms with E-state index in [0.717, 1.165) is 16.8 Å². The molecular weight excluding hydrogens is 459 g/mol. The first-order chi connectivity index (χ1) is 17.5. The number of nitrogens with zero attached hydrogens (tertiary/aromatic N) is 7. The maximum absolute atomic E-state index is 16.1. The van der Waals surface area contributed by atoms with Crippen molar-refractivity contribution >= 4 is 22.4 Å². The first-order valence-electron chi connectivity index (χ1n) is 11.3. The van der Waals surface area contributed by atoms with Gasteiger partial charge in [0.15, 0.2) is 11.6 Å². The van der Waals surface area contributed by atoms with Gasteiger partial charge in [0.05, 0.1) is 16.8 Å². The van der Waals surface area contributed by atoms with Gasteiger partial charge in [-0.3, -0.25) is 15.0 Å². The highest BCUT2D eigenvalue weighted by Gasteiger charge is 2.26. The highest BCUT2D eigenvalue weighted by molar-refractivity contribution is 5.91. The van der Waals surface area contributed by atoms with E-state index in [1.165, 1.54) is 6.20 Å². The topological polar surface area (TPSA) is 112 Å². The fraction of sp³-hybridized carbons (Fsp3) is 0.160. The van der Waals surface area contributed by atoms with Crippen LogP contribution in [0.15, 0.2) is 55.6 Å². The second-order valence-corrected chi connectivity index (χ2v) is 8.89. The van der Waals surface area contributed by atoms with Crippen molar-refractivity contribution in [2.45, 2.75) is 13.5 Å². The van der Waals surface area contributed by atoms with E-state index >= 15 is 4.39 Å². The lowest BCUT2D eigenvalue weighted by Gasteiger charge is -2.20. The van der Waals surface area contributed by atoms with E-state index < -0.39 is 5.82 Å². The summed E-state index contributed by atoms with van der Waals surface area (Å²) in [5, 5.41) is 0. The minimum Gasteiger partial charge on any atom is -0.338 e. The normalized spacial score (nSPS) is 12.9. The van der Waals surface area contributed by atoms with Crippen LogP contribution in [-0.4, -0.2) is 53.5 Å². The quantitative estimate of drug-likeness (QED) is 0.349. The molecule has 0 unspecified atom stereocenters. The van der Waals surface area contributed by atoms with Crippen LogP contribution >= 0.6 is 0 Å². The number of hydrogen-bond donors (Lipinski definition) is 3. The highest BCUT2D eigenvalue weighted by atomic mass is 19.1. The van der Waals surface area contributed by atoms with E-state index in [0.29, 0.717) is 51.8 Å².